The second-order valence-corrected chi connectivity index (χ2v) is 6.91. The summed E-state index contributed by atoms with van der Waals surface area (Å²) < 4.78 is 11.1. The number of ether oxygens (including phenoxy) is 2. The number of nitrogens with one attached hydrogen (secondary N) is 1. The van der Waals surface area contributed by atoms with Gasteiger partial charge < -0.3 is 9.47 Å². The van der Waals surface area contributed by atoms with E-state index in [9.17, 15) is 4.79 Å². The molecule has 5 nitrogen and oxygen atoms in total. The summed E-state index contributed by atoms with van der Waals surface area (Å²) in [7, 11) is 0. The second kappa shape index (κ2) is 10.0. The molecule has 5 heteroatoms. The highest BCUT2D eigenvalue weighted by atomic mass is 16.5. The van der Waals surface area contributed by atoms with Crippen LogP contribution in [0.5, 0.6) is 0 Å². The largest absolute Gasteiger partial charge is 0.463 e. The maximum absolute atomic E-state index is 12.6. The number of aryl methyl sites for hydroxylation is 2. The smallest absolute Gasteiger partial charge is 0.292 e. The van der Waals surface area contributed by atoms with Crippen molar-refractivity contribution < 1.29 is 14.3 Å². The lowest BCUT2D eigenvalue weighted by molar-refractivity contribution is 0.0920. The SMILES string of the molecule is CCOCCOC(=N[C@@H]1CCCc2ccccc21)NC(=O)c1ccc(C)cc1. The summed E-state index contributed by atoms with van der Waals surface area (Å²) in [6, 6.07) is 16.0. The number of hydrogen-bond donors (Lipinski definition) is 1. The number of fused-ring (bicyclic) bond motifs is 1. The third-order valence-electron chi connectivity index (χ3n) is 4.82. The predicted octanol–water partition coefficient (Wildman–Crippen LogP) is 4.21. The number of carbonyl (C=O) groups excluding carboxylic acids is 1. The maximum atomic E-state index is 12.6. The van der Waals surface area contributed by atoms with E-state index in [-0.39, 0.29) is 18.0 Å². The Hall–Kier alpha value is -2.66. The first kappa shape index (κ1) is 20.1. The van der Waals surface area contributed by atoms with Gasteiger partial charge >= 0.3 is 0 Å². The van der Waals surface area contributed by atoms with Crippen molar-refractivity contribution in [3.63, 3.8) is 0 Å². The predicted molar refractivity (Wildman–Crippen MR) is 111 cm³/mol. The van der Waals surface area contributed by atoms with Crippen LogP contribution in [0.1, 0.15) is 52.9 Å². The van der Waals surface area contributed by atoms with Gasteiger partial charge in [0, 0.05) is 12.2 Å². The van der Waals surface area contributed by atoms with E-state index in [0.29, 0.717) is 25.4 Å². The molecular formula is C23H28N2O3. The van der Waals surface area contributed by atoms with E-state index in [4.69, 9.17) is 14.5 Å². The Labute approximate surface area is 166 Å². The number of amidine groups is 1. The van der Waals surface area contributed by atoms with Crippen molar-refractivity contribution in [3.05, 3.63) is 70.8 Å². The molecule has 0 saturated carbocycles. The zero-order valence-electron chi connectivity index (χ0n) is 16.6. The molecule has 1 amide bonds. The molecule has 0 radical (unpaired) electrons. The van der Waals surface area contributed by atoms with E-state index in [1.54, 1.807) is 12.1 Å². The van der Waals surface area contributed by atoms with Crippen molar-refractivity contribution >= 4 is 11.9 Å². The maximum Gasteiger partial charge on any atom is 0.292 e. The molecule has 0 unspecified atom stereocenters. The molecule has 0 spiro atoms. The van der Waals surface area contributed by atoms with Gasteiger partial charge in [-0.25, -0.2) is 4.99 Å². The van der Waals surface area contributed by atoms with Gasteiger partial charge in [0.25, 0.3) is 11.9 Å². The minimum Gasteiger partial charge on any atom is -0.463 e. The van der Waals surface area contributed by atoms with Crippen LogP contribution < -0.4 is 5.32 Å². The molecule has 28 heavy (non-hydrogen) atoms. The Balaban J connectivity index is 1.77. The molecule has 0 aromatic heterocycles. The first-order valence-electron chi connectivity index (χ1n) is 9.91. The van der Waals surface area contributed by atoms with E-state index in [0.717, 1.165) is 24.8 Å². The Morgan fingerprint density at radius 1 is 1.14 bits per heavy atom. The fourth-order valence-electron chi connectivity index (χ4n) is 3.33. The molecule has 2 aromatic rings. The van der Waals surface area contributed by atoms with Crippen LogP contribution in [0.2, 0.25) is 0 Å². The molecule has 1 aliphatic rings. The molecule has 2 aromatic carbocycles. The lowest BCUT2D eigenvalue weighted by Gasteiger charge is -2.23. The molecule has 0 saturated heterocycles. The van der Waals surface area contributed by atoms with E-state index in [1.165, 1.54) is 11.1 Å². The highest BCUT2D eigenvalue weighted by Crippen LogP contribution is 2.32. The first-order valence-corrected chi connectivity index (χ1v) is 9.91. The van der Waals surface area contributed by atoms with E-state index in [2.05, 4.69) is 23.5 Å². The highest BCUT2D eigenvalue weighted by Gasteiger charge is 2.21. The van der Waals surface area contributed by atoms with E-state index < -0.39 is 0 Å². The Morgan fingerprint density at radius 2 is 1.93 bits per heavy atom. The topological polar surface area (TPSA) is 59.9 Å². The van der Waals surface area contributed by atoms with Gasteiger partial charge in [0.15, 0.2) is 0 Å². The van der Waals surface area contributed by atoms with Gasteiger partial charge in [0.1, 0.15) is 6.61 Å². The van der Waals surface area contributed by atoms with Crippen molar-refractivity contribution in [2.45, 2.75) is 39.2 Å². The minimum absolute atomic E-state index is 0.00892. The number of nitrogens with zero attached hydrogens (tertiary/aromatic N) is 1. The fourth-order valence-corrected chi connectivity index (χ4v) is 3.33. The van der Waals surface area contributed by atoms with Crippen LogP contribution in [0.3, 0.4) is 0 Å². The molecule has 1 N–H and O–H groups in total. The zero-order chi connectivity index (χ0) is 19.8. The number of aliphatic imine (C=N–C) groups is 1. The first-order chi connectivity index (χ1) is 13.7. The quantitative estimate of drug-likeness (QED) is 0.464. The van der Waals surface area contributed by atoms with E-state index >= 15 is 0 Å². The Bertz CT molecular complexity index is 815. The fraction of sp³-hybridized carbons (Fsp3) is 0.391. The van der Waals surface area contributed by atoms with Gasteiger partial charge in [0.2, 0.25) is 0 Å². The lowest BCUT2D eigenvalue weighted by atomic mass is 9.88. The van der Waals surface area contributed by atoms with Crippen LogP contribution in [0.4, 0.5) is 0 Å². The summed E-state index contributed by atoms with van der Waals surface area (Å²) in [4.78, 5) is 17.4. The molecule has 1 aliphatic carbocycles. The van der Waals surface area contributed by atoms with Crippen LogP contribution in [-0.4, -0.2) is 31.7 Å². The average molecular weight is 380 g/mol. The summed E-state index contributed by atoms with van der Waals surface area (Å²) in [5, 5.41) is 2.84. The number of amides is 1. The molecule has 0 aliphatic heterocycles. The minimum atomic E-state index is -0.223. The van der Waals surface area contributed by atoms with Gasteiger partial charge in [-0.15, -0.1) is 0 Å². The summed E-state index contributed by atoms with van der Waals surface area (Å²) in [6.45, 7) is 5.35. The number of benzene rings is 2. The second-order valence-electron chi connectivity index (χ2n) is 6.91. The third-order valence-corrected chi connectivity index (χ3v) is 4.82. The van der Waals surface area contributed by atoms with Gasteiger partial charge in [-0.3, -0.25) is 10.1 Å². The van der Waals surface area contributed by atoms with Crippen LogP contribution in [0, 0.1) is 6.92 Å². The van der Waals surface area contributed by atoms with Crippen molar-refractivity contribution in [2.75, 3.05) is 19.8 Å². The Morgan fingerprint density at radius 3 is 2.71 bits per heavy atom. The van der Waals surface area contributed by atoms with Crippen LogP contribution in [0.25, 0.3) is 0 Å². The van der Waals surface area contributed by atoms with Gasteiger partial charge in [-0.1, -0.05) is 42.0 Å². The van der Waals surface area contributed by atoms with Gasteiger partial charge in [-0.05, 0) is 56.4 Å². The van der Waals surface area contributed by atoms with Crippen LogP contribution in [-0.2, 0) is 15.9 Å². The van der Waals surface area contributed by atoms with Crippen molar-refractivity contribution in [1.82, 2.24) is 5.32 Å². The normalized spacial score (nSPS) is 16.4. The van der Waals surface area contributed by atoms with Crippen LogP contribution in [0.15, 0.2) is 53.5 Å². The number of hydrogen-bond acceptors (Lipinski definition) is 4. The lowest BCUT2D eigenvalue weighted by Crippen LogP contribution is -2.34. The third kappa shape index (κ3) is 5.42. The standard InChI is InChI=1S/C23H28N2O3/c1-3-27-15-16-28-23(25-22(26)19-13-11-17(2)12-14-19)24-21-10-6-8-18-7-4-5-9-20(18)21/h4-5,7,9,11-14,21H,3,6,8,10,15-16H2,1-2H3,(H,24,25,26)/t21-/m1/s1. The highest BCUT2D eigenvalue weighted by molar-refractivity contribution is 6.04. The molecule has 3 rings (SSSR count). The van der Waals surface area contributed by atoms with Gasteiger partial charge in [0.05, 0.1) is 12.6 Å². The van der Waals surface area contributed by atoms with E-state index in [1.807, 2.05) is 32.0 Å². The summed E-state index contributed by atoms with van der Waals surface area (Å²) in [6.07, 6.45) is 3.08. The molecule has 148 valence electrons. The summed E-state index contributed by atoms with van der Waals surface area (Å²) >= 11 is 0. The monoisotopic (exact) mass is 380 g/mol. The molecule has 0 bridgehead atoms. The zero-order valence-corrected chi connectivity index (χ0v) is 16.6. The summed E-state index contributed by atoms with van der Waals surface area (Å²) in [5.41, 5.74) is 4.22. The molecule has 1 atom stereocenters. The van der Waals surface area contributed by atoms with Crippen LogP contribution >= 0.6 is 0 Å². The van der Waals surface area contributed by atoms with Crippen molar-refractivity contribution in [3.8, 4) is 0 Å². The summed E-state index contributed by atoms with van der Waals surface area (Å²) in [5.74, 6) is -0.223. The Kier molecular flexibility index (Phi) is 7.20. The number of carbonyl (C=O) groups is 1. The average Bonchev–Trinajstić information content (AvgIpc) is 2.72. The number of rotatable bonds is 6. The van der Waals surface area contributed by atoms with Gasteiger partial charge in [-0.2, -0.15) is 0 Å². The molecule has 0 fully saturated rings. The molecular weight excluding hydrogens is 352 g/mol. The van der Waals surface area contributed by atoms with Crippen molar-refractivity contribution in [1.29, 1.82) is 0 Å². The van der Waals surface area contributed by atoms with Crippen molar-refractivity contribution in [2.24, 2.45) is 4.99 Å². The molecule has 0 heterocycles.